The van der Waals surface area contributed by atoms with Gasteiger partial charge in [0, 0.05) is 11.6 Å². The van der Waals surface area contributed by atoms with E-state index in [0.717, 1.165) is 5.56 Å². The second kappa shape index (κ2) is 4.14. The van der Waals surface area contributed by atoms with Crippen molar-refractivity contribution in [2.24, 2.45) is 0 Å². The van der Waals surface area contributed by atoms with Gasteiger partial charge in [0.1, 0.15) is 17.3 Å². The molecule has 2 nitrogen and oxygen atoms in total. The molecule has 0 N–H and O–H groups in total. The fourth-order valence-corrected chi connectivity index (χ4v) is 1.60. The molecule has 0 fully saturated rings. The van der Waals surface area contributed by atoms with Crippen LogP contribution in [-0.4, -0.2) is 5.16 Å². The molecule has 0 aliphatic rings. The van der Waals surface area contributed by atoms with Crippen LogP contribution in [0.5, 0.6) is 0 Å². The van der Waals surface area contributed by atoms with E-state index in [9.17, 15) is 4.39 Å². The number of aryl methyl sites for hydroxylation is 1. The first-order valence-electron chi connectivity index (χ1n) is 4.49. The zero-order chi connectivity index (χ0) is 10.8. The van der Waals surface area contributed by atoms with Gasteiger partial charge in [-0.1, -0.05) is 27.2 Å². The quantitative estimate of drug-likeness (QED) is 0.778. The Morgan fingerprint density at radius 2 is 2.20 bits per heavy atom. The summed E-state index contributed by atoms with van der Waals surface area (Å²) in [5.41, 5.74) is 1.89. The average molecular weight is 270 g/mol. The van der Waals surface area contributed by atoms with Gasteiger partial charge in [-0.3, -0.25) is 0 Å². The van der Waals surface area contributed by atoms with Crippen LogP contribution in [0.15, 0.2) is 28.8 Å². The van der Waals surface area contributed by atoms with E-state index in [0.29, 0.717) is 22.3 Å². The van der Waals surface area contributed by atoms with Gasteiger partial charge in [-0.25, -0.2) is 4.39 Å². The molecule has 0 saturated heterocycles. The number of hydrogen-bond donors (Lipinski definition) is 0. The maximum Gasteiger partial charge on any atom is 0.147 e. The Hall–Kier alpha value is -1.16. The highest BCUT2D eigenvalue weighted by atomic mass is 79.9. The van der Waals surface area contributed by atoms with Crippen molar-refractivity contribution in [1.82, 2.24) is 5.16 Å². The molecule has 0 atom stereocenters. The lowest BCUT2D eigenvalue weighted by atomic mass is 10.1. The van der Waals surface area contributed by atoms with Crippen LogP contribution in [0.25, 0.3) is 11.3 Å². The van der Waals surface area contributed by atoms with Crippen LogP contribution in [0, 0.1) is 12.7 Å². The Balaban J connectivity index is 2.44. The number of alkyl halides is 1. The predicted octanol–water partition coefficient (Wildman–Crippen LogP) is 3.68. The number of halogens is 2. The van der Waals surface area contributed by atoms with E-state index in [1.807, 2.05) is 13.0 Å². The standard InChI is InChI=1S/C11H9BrFNO/c1-7-2-3-9(10(13)4-7)11-5-8(6-12)15-14-11/h2-5H,6H2,1H3. The molecular weight excluding hydrogens is 261 g/mol. The summed E-state index contributed by atoms with van der Waals surface area (Å²) in [6.45, 7) is 1.85. The lowest BCUT2D eigenvalue weighted by Crippen LogP contribution is -1.85. The summed E-state index contributed by atoms with van der Waals surface area (Å²) in [6.07, 6.45) is 0. The minimum atomic E-state index is -0.274. The van der Waals surface area contributed by atoms with Gasteiger partial charge >= 0.3 is 0 Å². The zero-order valence-corrected chi connectivity index (χ0v) is 9.71. The van der Waals surface area contributed by atoms with Crippen LogP contribution in [0.3, 0.4) is 0 Å². The van der Waals surface area contributed by atoms with E-state index < -0.39 is 0 Å². The molecule has 0 bridgehead atoms. The van der Waals surface area contributed by atoms with E-state index in [1.54, 1.807) is 12.1 Å². The van der Waals surface area contributed by atoms with Crippen LogP contribution >= 0.6 is 15.9 Å². The summed E-state index contributed by atoms with van der Waals surface area (Å²) in [5, 5.41) is 4.38. The molecule has 2 rings (SSSR count). The number of rotatable bonds is 2. The number of benzene rings is 1. The van der Waals surface area contributed by atoms with Crippen LogP contribution < -0.4 is 0 Å². The second-order valence-electron chi connectivity index (χ2n) is 3.30. The zero-order valence-electron chi connectivity index (χ0n) is 8.13. The molecule has 0 amide bonds. The number of nitrogens with zero attached hydrogens (tertiary/aromatic N) is 1. The molecule has 1 aromatic heterocycles. The van der Waals surface area contributed by atoms with Crippen molar-refractivity contribution in [2.75, 3.05) is 0 Å². The van der Waals surface area contributed by atoms with Gasteiger partial charge in [0.2, 0.25) is 0 Å². The number of aromatic nitrogens is 1. The van der Waals surface area contributed by atoms with E-state index >= 15 is 0 Å². The third-order valence-electron chi connectivity index (χ3n) is 2.09. The summed E-state index contributed by atoms with van der Waals surface area (Å²) >= 11 is 3.25. The minimum Gasteiger partial charge on any atom is -0.360 e. The van der Waals surface area contributed by atoms with Gasteiger partial charge in [0.05, 0.1) is 5.33 Å². The van der Waals surface area contributed by atoms with Crippen molar-refractivity contribution in [2.45, 2.75) is 12.3 Å². The topological polar surface area (TPSA) is 26.0 Å². The maximum absolute atomic E-state index is 13.6. The summed E-state index contributed by atoms with van der Waals surface area (Å²) in [4.78, 5) is 0. The fraction of sp³-hybridized carbons (Fsp3) is 0.182. The Labute approximate surface area is 95.2 Å². The molecule has 1 heterocycles. The van der Waals surface area contributed by atoms with Gasteiger partial charge < -0.3 is 4.52 Å². The van der Waals surface area contributed by atoms with Crippen LogP contribution in [0.2, 0.25) is 0 Å². The molecule has 1 aromatic carbocycles. The number of hydrogen-bond acceptors (Lipinski definition) is 2. The third-order valence-corrected chi connectivity index (χ3v) is 2.64. The van der Waals surface area contributed by atoms with Gasteiger partial charge in [0.25, 0.3) is 0 Å². The molecule has 0 radical (unpaired) electrons. The monoisotopic (exact) mass is 269 g/mol. The highest BCUT2D eigenvalue weighted by Crippen LogP contribution is 2.23. The van der Waals surface area contributed by atoms with Crippen molar-refractivity contribution < 1.29 is 8.91 Å². The first-order valence-corrected chi connectivity index (χ1v) is 5.61. The van der Waals surface area contributed by atoms with Crippen molar-refractivity contribution >= 4 is 15.9 Å². The Morgan fingerprint density at radius 3 is 2.80 bits per heavy atom. The normalized spacial score (nSPS) is 10.6. The lowest BCUT2D eigenvalue weighted by molar-refractivity contribution is 0.397. The Morgan fingerprint density at radius 1 is 1.40 bits per heavy atom. The minimum absolute atomic E-state index is 0.274. The predicted molar refractivity (Wildman–Crippen MR) is 59.3 cm³/mol. The highest BCUT2D eigenvalue weighted by Gasteiger charge is 2.10. The maximum atomic E-state index is 13.6. The van der Waals surface area contributed by atoms with E-state index in [1.165, 1.54) is 6.07 Å². The van der Waals surface area contributed by atoms with Crippen LogP contribution in [0.1, 0.15) is 11.3 Å². The molecule has 2 aromatic rings. The molecule has 78 valence electrons. The van der Waals surface area contributed by atoms with Gasteiger partial charge in [-0.2, -0.15) is 0 Å². The lowest BCUT2D eigenvalue weighted by Gasteiger charge is -1.98. The van der Waals surface area contributed by atoms with Crippen molar-refractivity contribution in [3.63, 3.8) is 0 Å². The third kappa shape index (κ3) is 2.09. The first kappa shape index (κ1) is 10.4. The molecule has 4 heteroatoms. The van der Waals surface area contributed by atoms with Crippen molar-refractivity contribution in [3.05, 3.63) is 41.4 Å². The Kier molecular flexibility index (Phi) is 2.86. The smallest absolute Gasteiger partial charge is 0.147 e. The van der Waals surface area contributed by atoms with Gasteiger partial charge in [0.15, 0.2) is 0 Å². The summed E-state index contributed by atoms with van der Waals surface area (Å²) in [6, 6.07) is 6.77. The van der Waals surface area contributed by atoms with Crippen LogP contribution in [0.4, 0.5) is 4.39 Å². The molecule has 0 unspecified atom stereocenters. The van der Waals surface area contributed by atoms with Gasteiger partial charge in [-0.15, -0.1) is 0 Å². The molecule has 0 saturated carbocycles. The van der Waals surface area contributed by atoms with E-state index in [-0.39, 0.29) is 5.82 Å². The van der Waals surface area contributed by atoms with Crippen molar-refractivity contribution in [3.8, 4) is 11.3 Å². The summed E-state index contributed by atoms with van der Waals surface area (Å²) in [5.74, 6) is 0.411. The fourth-order valence-electron chi connectivity index (χ4n) is 1.33. The average Bonchev–Trinajstić information content (AvgIpc) is 2.66. The van der Waals surface area contributed by atoms with E-state index in [4.69, 9.17) is 4.52 Å². The highest BCUT2D eigenvalue weighted by molar-refractivity contribution is 9.08. The molecule has 0 aliphatic carbocycles. The Bertz CT molecular complexity index is 481. The molecule has 0 spiro atoms. The van der Waals surface area contributed by atoms with E-state index in [2.05, 4.69) is 21.1 Å². The van der Waals surface area contributed by atoms with Gasteiger partial charge in [-0.05, 0) is 24.6 Å². The van der Waals surface area contributed by atoms with Crippen molar-refractivity contribution in [1.29, 1.82) is 0 Å². The second-order valence-corrected chi connectivity index (χ2v) is 3.86. The summed E-state index contributed by atoms with van der Waals surface area (Å²) in [7, 11) is 0. The molecule has 15 heavy (non-hydrogen) atoms. The summed E-state index contributed by atoms with van der Waals surface area (Å²) < 4.78 is 18.5. The largest absolute Gasteiger partial charge is 0.360 e. The first-order chi connectivity index (χ1) is 7.20. The molecular formula is C11H9BrFNO. The SMILES string of the molecule is Cc1ccc(-c2cc(CBr)on2)c(F)c1. The molecule has 0 aliphatic heterocycles. The van der Waals surface area contributed by atoms with Crippen LogP contribution in [-0.2, 0) is 5.33 Å².